The molecular weight excluding hydrogens is 222 g/mol. The van der Waals surface area contributed by atoms with E-state index in [4.69, 9.17) is 0 Å². The fourth-order valence-electron chi connectivity index (χ4n) is 2.58. The third kappa shape index (κ3) is 2.21. The third-order valence-electron chi connectivity index (χ3n) is 3.67. The van der Waals surface area contributed by atoms with E-state index in [1.807, 2.05) is 25.1 Å². The van der Waals surface area contributed by atoms with E-state index in [0.29, 0.717) is 0 Å². The van der Waals surface area contributed by atoms with Gasteiger partial charge in [-0.2, -0.15) is 0 Å². The Morgan fingerprint density at radius 2 is 1.83 bits per heavy atom. The fourth-order valence-corrected chi connectivity index (χ4v) is 2.58. The lowest BCUT2D eigenvalue weighted by molar-refractivity contribution is -0.0835. The van der Waals surface area contributed by atoms with Crippen molar-refractivity contribution in [1.29, 1.82) is 0 Å². The van der Waals surface area contributed by atoms with Crippen LogP contribution in [0.4, 0.5) is 0 Å². The summed E-state index contributed by atoms with van der Waals surface area (Å²) in [6.45, 7) is 6.23. The SMILES string of the molecule is CCC1=CC(c2ccccc2)=C(C)N(O)C1CC. The highest BCUT2D eigenvalue weighted by molar-refractivity contribution is 5.78. The van der Waals surface area contributed by atoms with E-state index < -0.39 is 0 Å². The third-order valence-corrected chi connectivity index (χ3v) is 3.67. The highest BCUT2D eigenvalue weighted by Gasteiger charge is 2.25. The lowest BCUT2D eigenvalue weighted by atomic mass is 9.91. The molecule has 0 aliphatic carbocycles. The van der Waals surface area contributed by atoms with Gasteiger partial charge in [-0.15, -0.1) is 0 Å². The van der Waals surface area contributed by atoms with Crippen LogP contribution in [0.2, 0.25) is 0 Å². The summed E-state index contributed by atoms with van der Waals surface area (Å²) in [5.74, 6) is 0. The summed E-state index contributed by atoms with van der Waals surface area (Å²) < 4.78 is 0. The highest BCUT2D eigenvalue weighted by Crippen LogP contribution is 2.33. The summed E-state index contributed by atoms with van der Waals surface area (Å²) in [7, 11) is 0. The Morgan fingerprint density at radius 3 is 2.39 bits per heavy atom. The van der Waals surface area contributed by atoms with Crippen LogP contribution in [0.3, 0.4) is 0 Å². The Bertz CT molecular complexity index is 473. The number of nitrogens with zero attached hydrogens (tertiary/aromatic N) is 1. The van der Waals surface area contributed by atoms with E-state index in [1.165, 1.54) is 10.6 Å². The smallest absolute Gasteiger partial charge is 0.0769 e. The van der Waals surface area contributed by atoms with Crippen molar-refractivity contribution in [1.82, 2.24) is 5.06 Å². The zero-order chi connectivity index (χ0) is 13.1. The maximum absolute atomic E-state index is 10.3. The van der Waals surface area contributed by atoms with Gasteiger partial charge in [0.15, 0.2) is 0 Å². The maximum atomic E-state index is 10.3. The Labute approximate surface area is 109 Å². The number of benzene rings is 1. The van der Waals surface area contributed by atoms with E-state index in [1.54, 1.807) is 0 Å². The normalized spacial score (nSPS) is 20.1. The van der Waals surface area contributed by atoms with Crippen LogP contribution in [0.1, 0.15) is 39.2 Å². The molecule has 1 aliphatic rings. The minimum absolute atomic E-state index is 0.127. The van der Waals surface area contributed by atoms with E-state index in [-0.39, 0.29) is 6.04 Å². The van der Waals surface area contributed by atoms with Crippen LogP contribution in [-0.2, 0) is 0 Å². The number of hydroxylamine groups is 2. The molecule has 96 valence electrons. The standard InChI is InChI=1S/C16H21NO/c1-4-13-11-15(14-9-7-6-8-10-14)12(3)17(18)16(13)5-2/h6-11,16,18H,4-5H2,1-3H3. The quantitative estimate of drug-likeness (QED) is 0.858. The van der Waals surface area contributed by atoms with Crippen molar-refractivity contribution in [2.45, 2.75) is 39.7 Å². The van der Waals surface area contributed by atoms with Crippen LogP contribution < -0.4 is 0 Å². The first-order valence-electron chi connectivity index (χ1n) is 6.63. The summed E-state index contributed by atoms with van der Waals surface area (Å²) in [5.41, 5.74) is 4.52. The highest BCUT2D eigenvalue weighted by atomic mass is 16.5. The lowest BCUT2D eigenvalue weighted by Crippen LogP contribution is -2.34. The van der Waals surface area contributed by atoms with Crippen LogP contribution in [-0.4, -0.2) is 16.3 Å². The molecule has 2 nitrogen and oxygen atoms in total. The molecule has 0 radical (unpaired) electrons. The second-order valence-corrected chi connectivity index (χ2v) is 4.71. The topological polar surface area (TPSA) is 23.5 Å². The number of rotatable bonds is 3. The van der Waals surface area contributed by atoms with Crippen LogP contribution >= 0.6 is 0 Å². The van der Waals surface area contributed by atoms with Crippen molar-refractivity contribution in [3.63, 3.8) is 0 Å². The number of hydrogen-bond acceptors (Lipinski definition) is 2. The van der Waals surface area contributed by atoms with Gasteiger partial charge in [-0.25, -0.2) is 0 Å². The fraction of sp³-hybridized carbons (Fsp3) is 0.375. The molecule has 1 N–H and O–H groups in total. The molecule has 0 spiro atoms. The molecule has 18 heavy (non-hydrogen) atoms. The van der Waals surface area contributed by atoms with E-state index in [2.05, 4.69) is 32.1 Å². The summed E-state index contributed by atoms with van der Waals surface area (Å²) in [6.07, 6.45) is 4.14. The number of allylic oxidation sites excluding steroid dienone is 3. The van der Waals surface area contributed by atoms with Gasteiger partial charge >= 0.3 is 0 Å². The molecule has 1 atom stereocenters. The summed E-state index contributed by atoms with van der Waals surface area (Å²) in [4.78, 5) is 0. The Morgan fingerprint density at radius 1 is 1.17 bits per heavy atom. The van der Waals surface area contributed by atoms with Gasteiger partial charge in [0.2, 0.25) is 0 Å². The molecule has 1 aromatic rings. The monoisotopic (exact) mass is 243 g/mol. The van der Waals surface area contributed by atoms with Crippen LogP contribution in [0, 0.1) is 0 Å². The predicted octanol–water partition coefficient (Wildman–Crippen LogP) is 4.24. The average Bonchev–Trinajstić information content (AvgIpc) is 2.42. The largest absolute Gasteiger partial charge is 0.288 e. The Kier molecular flexibility index (Phi) is 3.87. The Hall–Kier alpha value is -1.54. The van der Waals surface area contributed by atoms with Crippen molar-refractivity contribution in [3.8, 4) is 0 Å². The van der Waals surface area contributed by atoms with Crippen molar-refractivity contribution in [2.24, 2.45) is 0 Å². The van der Waals surface area contributed by atoms with Gasteiger partial charge in [-0.05, 0) is 30.9 Å². The minimum Gasteiger partial charge on any atom is -0.288 e. The van der Waals surface area contributed by atoms with Crippen molar-refractivity contribution in [3.05, 3.63) is 53.2 Å². The lowest BCUT2D eigenvalue weighted by Gasteiger charge is -2.34. The molecule has 0 bridgehead atoms. The van der Waals surface area contributed by atoms with E-state index in [0.717, 1.165) is 29.7 Å². The minimum atomic E-state index is 0.127. The molecule has 1 aromatic carbocycles. The average molecular weight is 243 g/mol. The summed E-state index contributed by atoms with van der Waals surface area (Å²) >= 11 is 0. The van der Waals surface area contributed by atoms with Gasteiger partial charge in [0, 0.05) is 11.3 Å². The van der Waals surface area contributed by atoms with Gasteiger partial charge < -0.3 is 0 Å². The van der Waals surface area contributed by atoms with Crippen molar-refractivity contribution in [2.75, 3.05) is 0 Å². The van der Waals surface area contributed by atoms with Gasteiger partial charge in [-0.3, -0.25) is 10.3 Å². The second-order valence-electron chi connectivity index (χ2n) is 4.71. The summed E-state index contributed by atoms with van der Waals surface area (Å²) in [5, 5.41) is 11.7. The first kappa shape index (κ1) is 12.9. The maximum Gasteiger partial charge on any atom is 0.0769 e. The summed E-state index contributed by atoms with van der Waals surface area (Å²) in [6, 6.07) is 10.4. The molecule has 1 unspecified atom stereocenters. The van der Waals surface area contributed by atoms with Crippen LogP contribution in [0.15, 0.2) is 47.7 Å². The van der Waals surface area contributed by atoms with E-state index >= 15 is 0 Å². The molecule has 2 rings (SSSR count). The zero-order valence-electron chi connectivity index (χ0n) is 11.4. The molecule has 0 saturated carbocycles. The second kappa shape index (κ2) is 5.40. The van der Waals surface area contributed by atoms with Gasteiger partial charge in [0.05, 0.1) is 6.04 Å². The van der Waals surface area contributed by atoms with Gasteiger partial charge in [0.25, 0.3) is 0 Å². The van der Waals surface area contributed by atoms with Gasteiger partial charge in [0.1, 0.15) is 0 Å². The molecule has 1 heterocycles. The number of hydrogen-bond donors (Lipinski definition) is 1. The molecule has 0 fully saturated rings. The molecule has 0 saturated heterocycles. The first-order chi connectivity index (χ1) is 8.69. The first-order valence-corrected chi connectivity index (χ1v) is 6.63. The molecular formula is C16H21NO. The van der Waals surface area contributed by atoms with Gasteiger partial charge in [-0.1, -0.05) is 50.3 Å². The zero-order valence-corrected chi connectivity index (χ0v) is 11.4. The molecule has 1 aliphatic heterocycles. The van der Waals surface area contributed by atoms with Crippen LogP contribution in [0.25, 0.3) is 5.57 Å². The predicted molar refractivity (Wildman–Crippen MR) is 75.1 cm³/mol. The molecule has 0 aromatic heterocycles. The van der Waals surface area contributed by atoms with E-state index in [9.17, 15) is 5.21 Å². The molecule has 2 heteroatoms. The Balaban J connectivity index is 2.47. The van der Waals surface area contributed by atoms with Crippen molar-refractivity contribution < 1.29 is 5.21 Å². The molecule has 0 amide bonds. The van der Waals surface area contributed by atoms with Crippen LogP contribution in [0.5, 0.6) is 0 Å². The van der Waals surface area contributed by atoms with Crippen molar-refractivity contribution >= 4 is 5.57 Å².